The highest BCUT2D eigenvalue weighted by Gasteiger charge is 2.39. The second-order valence-corrected chi connectivity index (χ2v) is 4.77. The molecule has 2 amide bonds. The van der Waals surface area contributed by atoms with Crippen LogP contribution in [0.15, 0.2) is 24.3 Å². The minimum atomic E-state index is -0.981. The van der Waals surface area contributed by atoms with Crippen molar-refractivity contribution in [3.05, 3.63) is 30.1 Å². The lowest BCUT2D eigenvalue weighted by atomic mass is 10.0. The molecule has 2 unspecified atom stereocenters. The fourth-order valence-corrected chi connectivity index (χ4v) is 2.34. The SMILES string of the molecule is CCN(C(=O)Nc1ccc(F)cc1)C1COCC1C(=O)O. The summed E-state index contributed by atoms with van der Waals surface area (Å²) in [7, 11) is 0. The van der Waals surface area contributed by atoms with Crippen molar-refractivity contribution >= 4 is 17.7 Å². The van der Waals surface area contributed by atoms with Crippen molar-refractivity contribution in [2.45, 2.75) is 13.0 Å². The van der Waals surface area contributed by atoms with E-state index in [0.29, 0.717) is 12.2 Å². The lowest BCUT2D eigenvalue weighted by Crippen LogP contribution is -2.48. The van der Waals surface area contributed by atoms with Gasteiger partial charge in [0.1, 0.15) is 11.7 Å². The molecule has 1 aliphatic rings. The van der Waals surface area contributed by atoms with E-state index in [0.717, 1.165) is 0 Å². The largest absolute Gasteiger partial charge is 0.481 e. The van der Waals surface area contributed by atoms with Gasteiger partial charge in [-0.15, -0.1) is 0 Å². The van der Waals surface area contributed by atoms with E-state index < -0.39 is 29.8 Å². The van der Waals surface area contributed by atoms with Gasteiger partial charge in [-0.2, -0.15) is 0 Å². The number of urea groups is 1. The number of nitrogens with one attached hydrogen (secondary N) is 1. The maximum Gasteiger partial charge on any atom is 0.322 e. The van der Waals surface area contributed by atoms with Crippen LogP contribution in [0.4, 0.5) is 14.9 Å². The molecule has 0 spiro atoms. The van der Waals surface area contributed by atoms with E-state index in [1.165, 1.54) is 29.2 Å². The predicted octanol–water partition coefficient (Wildman–Crippen LogP) is 1.78. The Kier molecular flexibility index (Phi) is 4.74. The van der Waals surface area contributed by atoms with Crippen molar-refractivity contribution in [2.75, 3.05) is 25.1 Å². The molecule has 1 aromatic rings. The Labute approximate surface area is 121 Å². The molecule has 0 saturated carbocycles. The van der Waals surface area contributed by atoms with Crippen LogP contribution < -0.4 is 5.32 Å². The summed E-state index contributed by atoms with van der Waals surface area (Å²) in [5.74, 6) is -2.11. The van der Waals surface area contributed by atoms with Gasteiger partial charge in [-0.25, -0.2) is 9.18 Å². The highest BCUT2D eigenvalue weighted by Crippen LogP contribution is 2.21. The Morgan fingerprint density at radius 1 is 1.38 bits per heavy atom. The molecule has 1 fully saturated rings. The first-order valence-electron chi connectivity index (χ1n) is 6.66. The molecule has 0 bridgehead atoms. The van der Waals surface area contributed by atoms with Crippen molar-refractivity contribution in [3.63, 3.8) is 0 Å². The number of ether oxygens (including phenoxy) is 1. The zero-order chi connectivity index (χ0) is 15.4. The Balaban J connectivity index is 2.07. The number of amides is 2. The van der Waals surface area contributed by atoms with E-state index in [4.69, 9.17) is 9.84 Å². The van der Waals surface area contributed by atoms with Crippen LogP contribution in [-0.4, -0.2) is 47.8 Å². The zero-order valence-electron chi connectivity index (χ0n) is 11.6. The van der Waals surface area contributed by atoms with Crippen molar-refractivity contribution in [2.24, 2.45) is 5.92 Å². The van der Waals surface area contributed by atoms with Crippen LogP contribution in [0.25, 0.3) is 0 Å². The van der Waals surface area contributed by atoms with E-state index in [-0.39, 0.29) is 13.2 Å². The molecule has 2 rings (SSSR count). The van der Waals surface area contributed by atoms with E-state index in [2.05, 4.69) is 5.32 Å². The molecule has 114 valence electrons. The predicted molar refractivity (Wildman–Crippen MR) is 73.5 cm³/mol. The summed E-state index contributed by atoms with van der Waals surface area (Å²) >= 11 is 0. The average molecular weight is 296 g/mol. The quantitative estimate of drug-likeness (QED) is 0.887. The molecule has 6 nitrogen and oxygen atoms in total. The van der Waals surface area contributed by atoms with Gasteiger partial charge in [-0.3, -0.25) is 4.79 Å². The van der Waals surface area contributed by atoms with Gasteiger partial charge in [0, 0.05) is 12.2 Å². The van der Waals surface area contributed by atoms with Crippen LogP contribution in [0, 0.1) is 11.7 Å². The molecule has 1 aliphatic heterocycles. The van der Waals surface area contributed by atoms with Crippen molar-refractivity contribution < 1.29 is 23.8 Å². The number of anilines is 1. The lowest BCUT2D eigenvalue weighted by molar-refractivity contribution is -0.142. The Morgan fingerprint density at radius 2 is 2.05 bits per heavy atom. The summed E-state index contributed by atoms with van der Waals surface area (Å²) in [5.41, 5.74) is 0.450. The number of hydrogen-bond acceptors (Lipinski definition) is 3. The summed E-state index contributed by atoms with van der Waals surface area (Å²) in [6, 6.07) is 4.44. The van der Waals surface area contributed by atoms with Gasteiger partial charge in [-0.1, -0.05) is 0 Å². The Morgan fingerprint density at radius 3 is 2.62 bits per heavy atom. The van der Waals surface area contributed by atoms with Gasteiger partial charge >= 0.3 is 12.0 Å². The van der Waals surface area contributed by atoms with Crippen LogP contribution in [0.2, 0.25) is 0 Å². The maximum absolute atomic E-state index is 12.8. The topological polar surface area (TPSA) is 78.9 Å². The normalized spacial score (nSPS) is 21.0. The number of halogens is 1. The first-order chi connectivity index (χ1) is 10.0. The third kappa shape index (κ3) is 3.49. The second-order valence-electron chi connectivity index (χ2n) is 4.77. The third-order valence-electron chi connectivity index (χ3n) is 3.47. The molecular weight excluding hydrogens is 279 g/mol. The zero-order valence-corrected chi connectivity index (χ0v) is 11.6. The molecule has 1 heterocycles. The number of hydrogen-bond donors (Lipinski definition) is 2. The first-order valence-corrected chi connectivity index (χ1v) is 6.66. The van der Waals surface area contributed by atoms with Crippen LogP contribution >= 0.6 is 0 Å². The van der Waals surface area contributed by atoms with E-state index >= 15 is 0 Å². The molecular formula is C14H17FN2O4. The highest BCUT2D eigenvalue weighted by atomic mass is 19.1. The van der Waals surface area contributed by atoms with Gasteiger partial charge < -0.3 is 20.1 Å². The Hall–Kier alpha value is -2.15. The number of nitrogens with zero attached hydrogens (tertiary/aromatic N) is 1. The fraction of sp³-hybridized carbons (Fsp3) is 0.429. The number of carbonyl (C=O) groups is 2. The van der Waals surface area contributed by atoms with Crippen molar-refractivity contribution in [1.29, 1.82) is 0 Å². The molecule has 0 aliphatic carbocycles. The number of benzene rings is 1. The summed E-state index contributed by atoms with van der Waals surface area (Å²) in [5, 5.41) is 11.8. The van der Waals surface area contributed by atoms with Crippen LogP contribution in [0.3, 0.4) is 0 Å². The van der Waals surface area contributed by atoms with Gasteiger partial charge in [0.2, 0.25) is 0 Å². The fourth-order valence-electron chi connectivity index (χ4n) is 2.34. The number of carbonyl (C=O) groups excluding carboxylic acids is 1. The monoisotopic (exact) mass is 296 g/mol. The van der Waals surface area contributed by atoms with E-state index in [1.54, 1.807) is 6.92 Å². The number of carboxylic acids is 1. The molecule has 2 atom stereocenters. The molecule has 21 heavy (non-hydrogen) atoms. The van der Waals surface area contributed by atoms with Gasteiger partial charge in [0.05, 0.1) is 19.3 Å². The Bertz CT molecular complexity index is 520. The summed E-state index contributed by atoms with van der Waals surface area (Å²) in [4.78, 5) is 24.9. The smallest absolute Gasteiger partial charge is 0.322 e. The van der Waals surface area contributed by atoms with E-state index in [1.807, 2.05) is 0 Å². The highest BCUT2D eigenvalue weighted by molar-refractivity contribution is 5.90. The standard InChI is InChI=1S/C14H17FN2O4/c1-2-17(12-8-21-7-11(12)13(18)19)14(20)16-10-5-3-9(15)4-6-10/h3-6,11-12H,2,7-8H2,1H3,(H,16,20)(H,18,19). The maximum atomic E-state index is 12.8. The van der Waals surface area contributed by atoms with Gasteiger partial charge in [0.25, 0.3) is 0 Å². The minimum Gasteiger partial charge on any atom is -0.481 e. The number of aliphatic carboxylic acids is 1. The minimum absolute atomic E-state index is 0.0975. The van der Waals surface area contributed by atoms with Crippen molar-refractivity contribution in [1.82, 2.24) is 4.90 Å². The second kappa shape index (κ2) is 6.53. The molecule has 0 radical (unpaired) electrons. The average Bonchev–Trinajstić information content (AvgIpc) is 2.91. The first kappa shape index (κ1) is 15.2. The molecule has 1 saturated heterocycles. The summed E-state index contributed by atoms with van der Waals surface area (Å²) in [6.45, 7) is 2.41. The van der Waals surface area contributed by atoms with Gasteiger partial charge in [-0.05, 0) is 31.2 Å². The molecule has 0 aromatic heterocycles. The van der Waals surface area contributed by atoms with Crippen LogP contribution in [0.1, 0.15) is 6.92 Å². The molecule has 2 N–H and O–H groups in total. The third-order valence-corrected chi connectivity index (χ3v) is 3.47. The summed E-state index contributed by atoms with van der Waals surface area (Å²) in [6.07, 6.45) is 0. The van der Waals surface area contributed by atoms with Crippen molar-refractivity contribution in [3.8, 4) is 0 Å². The number of likely N-dealkylation sites (N-methyl/N-ethyl adjacent to an activating group) is 1. The lowest BCUT2D eigenvalue weighted by Gasteiger charge is -2.29. The van der Waals surface area contributed by atoms with Crippen LogP contribution in [0.5, 0.6) is 0 Å². The number of rotatable bonds is 4. The molecule has 1 aromatic carbocycles. The van der Waals surface area contributed by atoms with E-state index in [9.17, 15) is 14.0 Å². The van der Waals surface area contributed by atoms with Gasteiger partial charge in [0.15, 0.2) is 0 Å². The van der Waals surface area contributed by atoms with Crippen LogP contribution in [-0.2, 0) is 9.53 Å². The molecule has 7 heteroatoms. The number of carboxylic acid groups (broad SMARTS) is 1. The summed E-state index contributed by atoms with van der Waals surface area (Å²) < 4.78 is 18.0.